The van der Waals surface area contributed by atoms with Crippen LogP contribution in [0.25, 0.3) is 11.3 Å². The first kappa shape index (κ1) is 20.9. The molecule has 3 aromatic rings. The fourth-order valence-electron chi connectivity index (χ4n) is 3.93. The smallest absolute Gasteiger partial charge is 0.245 e. The zero-order chi connectivity index (χ0) is 21.5. The molecule has 0 N–H and O–H groups in total. The number of piperazine rings is 1. The van der Waals surface area contributed by atoms with E-state index in [1.807, 2.05) is 45.0 Å². The van der Waals surface area contributed by atoms with Crippen molar-refractivity contribution in [2.45, 2.75) is 25.7 Å². The molecule has 0 saturated carbocycles. The average Bonchev–Trinajstić information content (AvgIpc) is 3.30. The van der Waals surface area contributed by atoms with E-state index in [4.69, 9.17) is 9.26 Å². The maximum absolute atomic E-state index is 13.6. The highest BCUT2D eigenvalue weighted by atomic mass is 32.2. The van der Waals surface area contributed by atoms with Crippen molar-refractivity contribution in [2.24, 2.45) is 0 Å². The van der Waals surface area contributed by atoms with Crippen LogP contribution in [0.2, 0.25) is 0 Å². The first-order chi connectivity index (χ1) is 14.3. The Morgan fingerprint density at radius 1 is 1.07 bits per heavy atom. The molecule has 0 aliphatic carbocycles. The number of anilines is 1. The van der Waals surface area contributed by atoms with Crippen LogP contribution in [0.1, 0.15) is 15.4 Å². The number of sulfonamides is 1. The highest BCUT2D eigenvalue weighted by molar-refractivity contribution is 7.89. The maximum Gasteiger partial charge on any atom is 0.245 e. The minimum absolute atomic E-state index is 0.340. The van der Waals surface area contributed by atoms with Crippen LogP contribution in [0.4, 0.5) is 5.69 Å². The second-order valence-electron chi connectivity index (χ2n) is 7.31. The molecule has 1 aliphatic rings. The fourth-order valence-corrected chi connectivity index (χ4v) is 7.17. The molecular formula is C21H25N3O4S2. The van der Waals surface area contributed by atoms with Gasteiger partial charge in [-0.1, -0.05) is 17.3 Å². The molecule has 30 heavy (non-hydrogen) atoms. The van der Waals surface area contributed by atoms with Crippen molar-refractivity contribution in [1.29, 1.82) is 0 Å². The van der Waals surface area contributed by atoms with E-state index < -0.39 is 10.0 Å². The van der Waals surface area contributed by atoms with Crippen molar-refractivity contribution in [3.63, 3.8) is 0 Å². The van der Waals surface area contributed by atoms with Crippen molar-refractivity contribution < 1.29 is 17.7 Å². The maximum atomic E-state index is 13.6. The van der Waals surface area contributed by atoms with E-state index in [0.717, 1.165) is 26.9 Å². The predicted octanol–water partition coefficient (Wildman–Crippen LogP) is 3.85. The normalized spacial score (nSPS) is 15.5. The number of methoxy groups -OCH3 is 1. The van der Waals surface area contributed by atoms with Gasteiger partial charge >= 0.3 is 0 Å². The SMILES string of the molecule is COc1ccccc1N1CCN(S(=O)(=O)c2c(C)sc(C)c2-c2cc(C)no2)CC1. The summed E-state index contributed by atoms with van der Waals surface area (Å²) in [7, 11) is -2.02. The van der Waals surface area contributed by atoms with E-state index in [-0.39, 0.29) is 0 Å². The third-order valence-corrected chi connectivity index (χ3v) is 8.56. The third-order valence-electron chi connectivity index (χ3n) is 5.34. The lowest BCUT2D eigenvalue weighted by molar-refractivity contribution is 0.378. The molecule has 160 valence electrons. The Balaban J connectivity index is 1.62. The standard InChI is InChI=1S/C21H25N3O4S2/c1-14-13-19(28-22-14)20-15(2)29-16(3)21(20)30(25,26)24-11-9-23(10-12-24)17-7-5-6-8-18(17)27-4/h5-8,13H,9-12H2,1-4H3. The van der Waals surface area contributed by atoms with Crippen LogP contribution in [0.5, 0.6) is 5.75 Å². The van der Waals surface area contributed by atoms with Gasteiger partial charge in [-0.2, -0.15) is 4.31 Å². The minimum Gasteiger partial charge on any atom is -0.495 e. The molecule has 2 aromatic heterocycles. The molecule has 1 fully saturated rings. The van der Waals surface area contributed by atoms with Gasteiger partial charge in [0.05, 0.1) is 24.1 Å². The van der Waals surface area contributed by atoms with Crippen LogP contribution in [0.15, 0.2) is 39.8 Å². The summed E-state index contributed by atoms with van der Waals surface area (Å²) in [6, 6.07) is 9.59. The van der Waals surface area contributed by atoms with E-state index in [1.165, 1.54) is 11.3 Å². The number of rotatable bonds is 5. The van der Waals surface area contributed by atoms with Crippen LogP contribution >= 0.6 is 11.3 Å². The quantitative estimate of drug-likeness (QED) is 0.591. The van der Waals surface area contributed by atoms with Crippen molar-refractivity contribution in [2.75, 3.05) is 38.2 Å². The van der Waals surface area contributed by atoms with Crippen molar-refractivity contribution in [3.05, 3.63) is 45.8 Å². The van der Waals surface area contributed by atoms with E-state index >= 15 is 0 Å². The summed E-state index contributed by atoms with van der Waals surface area (Å²) < 4.78 is 39.7. The highest BCUT2D eigenvalue weighted by Crippen LogP contribution is 2.41. The van der Waals surface area contributed by atoms with E-state index in [9.17, 15) is 8.42 Å². The number of nitrogens with zero attached hydrogens (tertiary/aromatic N) is 3. The second-order valence-corrected chi connectivity index (χ2v) is 10.6. The first-order valence-electron chi connectivity index (χ1n) is 9.74. The van der Waals surface area contributed by atoms with Crippen LogP contribution in [-0.4, -0.2) is 51.2 Å². The molecule has 0 atom stereocenters. The minimum atomic E-state index is -3.66. The van der Waals surface area contributed by atoms with Crippen LogP contribution < -0.4 is 9.64 Å². The lowest BCUT2D eigenvalue weighted by Crippen LogP contribution is -2.48. The molecule has 0 spiro atoms. The number of hydrogen-bond donors (Lipinski definition) is 0. The topological polar surface area (TPSA) is 75.9 Å². The number of benzene rings is 1. The molecule has 0 bridgehead atoms. The van der Waals surface area contributed by atoms with Gasteiger partial charge in [0.1, 0.15) is 10.6 Å². The highest BCUT2D eigenvalue weighted by Gasteiger charge is 2.35. The summed E-state index contributed by atoms with van der Waals surface area (Å²) in [4.78, 5) is 4.18. The molecule has 1 aromatic carbocycles. The van der Waals surface area contributed by atoms with Gasteiger partial charge in [0.2, 0.25) is 10.0 Å². The molecule has 1 saturated heterocycles. The summed E-state index contributed by atoms with van der Waals surface area (Å²) in [5, 5.41) is 3.94. The Bertz CT molecular complexity index is 1160. The summed E-state index contributed by atoms with van der Waals surface area (Å²) in [6.45, 7) is 7.60. The number of ether oxygens (including phenoxy) is 1. The van der Waals surface area contributed by atoms with Gasteiger partial charge in [0.15, 0.2) is 5.76 Å². The Morgan fingerprint density at radius 2 is 1.77 bits per heavy atom. The Labute approximate surface area is 180 Å². The Morgan fingerprint density at radius 3 is 2.40 bits per heavy atom. The largest absolute Gasteiger partial charge is 0.495 e. The molecule has 0 radical (unpaired) electrons. The van der Waals surface area contributed by atoms with E-state index in [1.54, 1.807) is 17.5 Å². The summed E-state index contributed by atoms with van der Waals surface area (Å²) in [5.74, 6) is 1.29. The van der Waals surface area contributed by atoms with Gasteiger partial charge < -0.3 is 14.2 Å². The van der Waals surface area contributed by atoms with Crippen LogP contribution in [-0.2, 0) is 10.0 Å². The first-order valence-corrected chi connectivity index (χ1v) is 12.0. The number of aromatic nitrogens is 1. The summed E-state index contributed by atoms with van der Waals surface area (Å²) >= 11 is 1.47. The molecule has 0 unspecified atom stereocenters. The van der Waals surface area contributed by atoms with Crippen molar-refractivity contribution in [3.8, 4) is 17.1 Å². The molecule has 0 amide bonds. The Kier molecular flexibility index (Phi) is 5.61. The number of thiophene rings is 1. The third kappa shape index (κ3) is 3.61. The average molecular weight is 448 g/mol. The number of aryl methyl sites for hydroxylation is 3. The Hall–Kier alpha value is -2.36. The van der Waals surface area contributed by atoms with Crippen LogP contribution in [0, 0.1) is 20.8 Å². The van der Waals surface area contributed by atoms with Gasteiger partial charge in [-0.05, 0) is 32.9 Å². The monoisotopic (exact) mass is 447 g/mol. The molecule has 1 aliphatic heterocycles. The lowest BCUT2D eigenvalue weighted by atomic mass is 10.2. The molecule has 7 nitrogen and oxygen atoms in total. The van der Waals surface area contributed by atoms with Crippen molar-refractivity contribution in [1.82, 2.24) is 9.46 Å². The molecule has 3 heterocycles. The zero-order valence-corrected chi connectivity index (χ0v) is 19.1. The van der Waals surface area contributed by atoms with Gasteiger partial charge in [0.25, 0.3) is 0 Å². The second kappa shape index (κ2) is 8.05. The van der Waals surface area contributed by atoms with Gasteiger partial charge in [0, 0.05) is 42.0 Å². The summed E-state index contributed by atoms with van der Waals surface area (Å²) in [5.41, 5.74) is 2.34. The van der Waals surface area contributed by atoms with Gasteiger partial charge in [-0.15, -0.1) is 11.3 Å². The summed E-state index contributed by atoms with van der Waals surface area (Å²) in [6.07, 6.45) is 0. The zero-order valence-electron chi connectivity index (χ0n) is 17.5. The van der Waals surface area contributed by atoms with E-state index in [2.05, 4.69) is 10.1 Å². The molecule has 4 rings (SSSR count). The lowest BCUT2D eigenvalue weighted by Gasteiger charge is -2.36. The van der Waals surface area contributed by atoms with Gasteiger partial charge in [-0.25, -0.2) is 8.42 Å². The number of para-hydroxylation sites is 2. The van der Waals surface area contributed by atoms with Crippen molar-refractivity contribution >= 4 is 27.0 Å². The number of hydrogen-bond acceptors (Lipinski definition) is 7. The van der Waals surface area contributed by atoms with E-state index in [0.29, 0.717) is 42.4 Å². The fraction of sp³-hybridized carbons (Fsp3) is 0.381. The predicted molar refractivity (Wildman–Crippen MR) is 118 cm³/mol. The van der Waals surface area contributed by atoms with Gasteiger partial charge in [-0.3, -0.25) is 0 Å². The molecule has 9 heteroatoms. The van der Waals surface area contributed by atoms with Crippen LogP contribution in [0.3, 0.4) is 0 Å². The molecular weight excluding hydrogens is 422 g/mol.